The molecule has 3 rings (SSSR count). The fourth-order valence-corrected chi connectivity index (χ4v) is 4.31. The lowest BCUT2D eigenvalue weighted by Crippen LogP contribution is -2.30. The summed E-state index contributed by atoms with van der Waals surface area (Å²) in [5.74, 6) is -0.483. The van der Waals surface area contributed by atoms with Crippen LogP contribution in [0.25, 0.3) is 0 Å². The van der Waals surface area contributed by atoms with Crippen LogP contribution >= 0.6 is 23.1 Å². The second-order valence-electron chi connectivity index (χ2n) is 6.03. The van der Waals surface area contributed by atoms with Gasteiger partial charge < -0.3 is 15.4 Å². The Kier molecular flexibility index (Phi) is 7.20. The maximum Gasteiger partial charge on any atom is 0.337 e. The van der Waals surface area contributed by atoms with Gasteiger partial charge in [0.1, 0.15) is 0 Å². The quantitative estimate of drug-likeness (QED) is 0.416. The van der Waals surface area contributed by atoms with Crippen LogP contribution in [0.3, 0.4) is 0 Å². The lowest BCUT2D eigenvalue weighted by atomic mass is 10.1. The standard InChI is InChI=1S/C20H20N4O3S2/c1-13(17(25)21-12-14-8-10-15(11-9-14)18(26)27-2)28-20-24-23-19(29-20)22-16-6-4-3-5-7-16/h3-11,13H,12H2,1-2H3,(H,21,25)(H,22,23). The van der Waals surface area contributed by atoms with Crippen molar-refractivity contribution in [3.8, 4) is 0 Å². The summed E-state index contributed by atoms with van der Waals surface area (Å²) >= 11 is 2.76. The molecule has 0 aliphatic carbocycles. The number of carbonyl (C=O) groups is 2. The van der Waals surface area contributed by atoms with Crippen LogP contribution in [0.5, 0.6) is 0 Å². The Morgan fingerprint density at radius 1 is 1.10 bits per heavy atom. The molecule has 1 atom stereocenters. The van der Waals surface area contributed by atoms with E-state index in [0.29, 0.717) is 21.6 Å². The Morgan fingerprint density at radius 3 is 2.52 bits per heavy atom. The molecule has 0 aliphatic heterocycles. The Morgan fingerprint density at radius 2 is 1.83 bits per heavy atom. The molecule has 150 valence electrons. The van der Waals surface area contributed by atoms with Gasteiger partial charge in [-0.3, -0.25) is 4.79 Å². The lowest BCUT2D eigenvalue weighted by Gasteiger charge is -2.10. The van der Waals surface area contributed by atoms with Crippen molar-refractivity contribution in [2.24, 2.45) is 0 Å². The van der Waals surface area contributed by atoms with Crippen molar-refractivity contribution < 1.29 is 14.3 Å². The van der Waals surface area contributed by atoms with E-state index in [1.54, 1.807) is 24.3 Å². The Balaban J connectivity index is 1.48. The Hall–Kier alpha value is -2.91. The molecular weight excluding hydrogens is 408 g/mol. The summed E-state index contributed by atoms with van der Waals surface area (Å²) in [6.07, 6.45) is 0. The number of benzene rings is 2. The minimum absolute atomic E-state index is 0.0974. The van der Waals surface area contributed by atoms with Gasteiger partial charge >= 0.3 is 5.97 Å². The molecule has 9 heteroatoms. The van der Waals surface area contributed by atoms with E-state index >= 15 is 0 Å². The number of para-hydroxylation sites is 1. The molecule has 0 aliphatic rings. The summed E-state index contributed by atoms with van der Waals surface area (Å²) in [4.78, 5) is 23.8. The molecule has 0 saturated heterocycles. The third kappa shape index (κ3) is 6.03. The van der Waals surface area contributed by atoms with Crippen LogP contribution in [-0.4, -0.2) is 34.4 Å². The minimum Gasteiger partial charge on any atom is -0.465 e. The number of anilines is 2. The molecule has 29 heavy (non-hydrogen) atoms. The number of methoxy groups -OCH3 is 1. The highest BCUT2D eigenvalue weighted by Gasteiger charge is 2.17. The van der Waals surface area contributed by atoms with Gasteiger partial charge in [-0.1, -0.05) is 53.4 Å². The van der Waals surface area contributed by atoms with Crippen molar-refractivity contribution in [1.82, 2.24) is 15.5 Å². The zero-order valence-corrected chi connectivity index (χ0v) is 17.5. The topological polar surface area (TPSA) is 93.2 Å². The van der Waals surface area contributed by atoms with E-state index in [2.05, 4.69) is 25.6 Å². The first-order chi connectivity index (χ1) is 14.0. The highest BCUT2D eigenvalue weighted by atomic mass is 32.2. The van der Waals surface area contributed by atoms with Crippen molar-refractivity contribution in [2.45, 2.75) is 23.1 Å². The third-order valence-corrected chi connectivity index (χ3v) is 5.94. The van der Waals surface area contributed by atoms with E-state index in [-0.39, 0.29) is 17.1 Å². The molecule has 0 spiro atoms. The number of aromatic nitrogens is 2. The number of ether oxygens (including phenoxy) is 1. The highest BCUT2D eigenvalue weighted by molar-refractivity contribution is 8.02. The molecule has 2 N–H and O–H groups in total. The summed E-state index contributed by atoms with van der Waals surface area (Å²) < 4.78 is 5.39. The van der Waals surface area contributed by atoms with Gasteiger partial charge in [-0.2, -0.15) is 0 Å². The predicted octanol–water partition coefficient (Wildman–Crippen LogP) is 3.87. The fourth-order valence-electron chi connectivity index (χ4n) is 2.37. The first kappa shape index (κ1) is 20.8. The zero-order chi connectivity index (χ0) is 20.6. The van der Waals surface area contributed by atoms with Crippen molar-refractivity contribution >= 4 is 45.8 Å². The number of hydrogen-bond acceptors (Lipinski definition) is 8. The van der Waals surface area contributed by atoms with E-state index < -0.39 is 0 Å². The maximum absolute atomic E-state index is 12.4. The normalized spacial score (nSPS) is 11.5. The van der Waals surface area contributed by atoms with E-state index in [1.807, 2.05) is 37.3 Å². The number of esters is 1. The molecule has 1 heterocycles. The second kappa shape index (κ2) is 10.0. The van der Waals surface area contributed by atoms with E-state index in [1.165, 1.54) is 30.2 Å². The number of amides is 1. The van der Waals surface area contributed by atoms with Crippen molar-refractivity contribution in [3.63, 3.8) is 0 Å². The SMILES string of the molecule is COC(=O)c1ccc(CNC(=O)C(C)Sc2nnc(Nc3ccccc3)s2)cc1. The van der Waals surface area contributed by atoms with Crippen LogP contribution in [-0.2, 0) is 16.1 Å². The van der Waals surface area contributed by atoms with Crippen molar-refractivity contribution in [2.75, 3.05) is 12.4 Å². The smallest absolute Gasteiger partial charge is 0.337 e. The van der Waals surface area contributed by atoms with Gasteiger partial charge in [-0.15, -0.1) is 10.2 Å². The van der Waals surface area contributed by atoms with Gasteiger partial charge in [-0.05, 0) is 36.8 Å². The first-order valence-corrected chi connectivity index (χ1v) is 10.5. The average molecular weight is 429 g/mol. The van der Waals surface area contributed by atoms with Gasteiger partial charge in [0.15, 0.2) is 4.34 Å². The van der Waals surface area contributed by atoms with Gasteiger partial charge in [0.2, 0.25) is 11.0 Å². The average Bonchev–Trinajstić information content (AvgIpc) is 3.19. The summed E-state index contributed by atoms with van der Waals surface area (Å²) in [6.45, 7) is 2.20. The Bertz CT molecular complexity index is 961. The predicted molar refractivity (Wildman–Crippen MR) is 115 cm³/mol. The summed E-state index contributed by atoms with van der Waals surface area (Å²) in [5.41, 5.74) is 2.31. The summed E-state index contributed by atoms with van der Waals surface area (Å²) in [5, 5.41) is 14.7. The minimum atomic E-state index is -0.385. The molecule has 0 bridgehead atoms. The molecule has 0 fully saturated rings. The molecule has 2 aromatic carbocycles. The molecular formula is C20H20N4O3S2. The summed E-state index contributed by atoms with van der Waals surface area (Å²) in [7, 11) is 1.34. The number of thioether (sulfide) groups is 1. The number of carbonyl (C=O) groups excluding carboxylic acids is 2. The molecule has 1 amide bonds. The van der Waals surface area contributed by atoms with Gasteiger partial charge in [-0.25, -0.2) is 4.79 Å². The van der Waals surface area contributed by atoms with Crippen LogP contribution in [0.2, 0.25) is 0 Å². The molecule has 7 nitrogen and oxygen atoms in total. The highest BCUT2D eigenvalue weighted by Crippen LogP contribution is 2.30. The number of nitrogens with zero attached hydrogens (tertiary/aromatic N) is 2. The zero-order valence-electron chi connectivity index (χ0n) is 15.9. The summed E-state index contributed by atoms with van der Waals surface area (Å²) in [6, 6.07) is 16.6. The largest absolute Gasteiger partial charge is 0.465 e. The van der Waals surface area contributed by atoms with Crippen LogP contribution in [0.1, 0.15) is 22.8 Å². The molecule has 0 saturated carbocycles. The third-order valence-electron chi connectivity index (χ3n) is 3.92. The van der Waals surface area contributed by atoms with Crippen LogP contribution < -0.4 is 10.6 Å². The van der Waals surface area contributed by atoms with E-state index in [4.69, 9.17) is 0 Å². The van der Waals surface area contributed by atoms with E-state index in [9.17, 15) is 9.59 Å². The number of hydrogen-bond donors (Lipinski definition) is 2. The van der Waals surface area contributed by atoms with Crippen molar-refractivity contribution in [3.05, 3.63) is 65.7 Å². The number of rotatable bonds is 8. The van der Waals surface area contributed by atoms with Gasteiger partial charge in [0, 0.05) is 12.2 Å². The number of nitrogens with one attached hydrogen (secondary N) is 2. The fraction of sp³-hybridized carbons (Fsp3) is 0.200. The maximum atomic E-state index is 12.4. The van der Waals surface area contributed by atoms with Crippen LogP contribution in [0, 0.1) is 0 Å². The lowest BCUT2D eigenvalue weighted by molar-refractivity contribution is -0.120. The van der Waals surface area contributed by atoms with Gasteiger partial charge in [0.05, 0.1) is 17.9 Å². The van der Waals surface area contributed by atoms with Crippen LogP contribution in [0.4, 0.5) is 10.8 Å². The van der Waals surface area contributed by atoms with Crippen molar-refractivity contribution in [1.29, 1.82) is 0 Å². The molecule has 1 unspecified atom stereocenters. The molecule has 0 radical (unpaired) electrons. The van der Waals surface area contributed by atoms with Crippen LogP contribution in [0.15, 0.2) is 58.9 Å². The molecule has 3 aromatic rings. The monoisotopic (exact) mass is 428 g/mol. The Labute approximate surface area is 176 Å². The van der Waals surface area contributed by atoms with E-state index in [0.717, 1.165) is 11.3 Å². The second-order valence-corrected chi connectivity index (χ2v) is 8.60. The molecule has 1 aromatic heterocycles. The first-order valence-electron chi connectivity index (χ1n) is 8.82. The van der Waals surface area contributed by atoms with Gasteiger partial charge in [0.25, 0.3) is 0 Å².